The van der Waals surface area contributed by atoms with Crippen LogP contribution >= 0.6 is 0 Å². The van der Waals surface area contributed by atoms with E-state index in [0.29, 0.717) is 36.3 Å². The summed E-state index contributed by atoms with van der Waals surface area (Å²) in [5.41, 5.74) is 5.64. The molecule has 0 aliphatic carbocycles. The maximum absolute atomic E-state index is 5.71. The van der Waals surface area contributed by atoms with Crippen molar-refractivity contribution in [3.05, 3.63) is 30.5 Å². The summed E-state index contributed by atoms with van der Waals surface area (Å²) in [5, 5.41) is 3.21. The third-order valence-electron chi connectivity index (χ3n) is 3.26. The van der Waals surface area contributed by atoms with Gasteiger partial charge in [-0.1, -0.05) is 25.5 Å². The third-order valence-corrected chi connectivity index (χ3v) is 3.26. The number of nitrogens with one attached hydrogen (secondary N) is 1. The van der Waals surface area contributed by atoms with E-state index in [0.717, 1.165) is 19.4 Å². The van der Waals surface area contributed by atoms with Crippen LogP contribution in [0.5, 0.6) is 17.2 Å². The zero-order valence-electron chi connectivity index (χ0n) is 14.1. The highest BCUT2D eigenvalue weighted by Crippen LogP contribution is 2.26. The Morgan fingerprint density at radius 3 is 2.50 bits per heavy atom. The van der Waals surface area contributed by atoms with Crippen LogP contribution < -0.4 is 25.3 Å². The molecule has 0 radical (unpaired) electrons. The van der Waals surface area contributed by atoms with E-state index < -0.39 is 0 Å². The summed E-state index contributed by atoms with van der Waals surface area (Å²) in [6.07, 6.45) is 3.70. The van der Waals surface area contributed by atoms with Crippen LogP contribution in [0.4, 0.5) is 11.8 Å². The Labute approximate surface area is 142 Å². The standard InChI is InChI=1S/C17H24N4O3/c1-3-4-9-19-16-15(12-20-17(18)21-16)24-11-10-23-14-8-6-5-7-13(14)22-2/h5-8,12H,3-4,9-11H2,1-2H3,(H3,18,19,20,21). The zero-order valence-corrected chi connectivity index (χ0v) is 14.1. The third kappa shape index (κ3) is 5.19. The van der Waals surface area contributed by atoms with Gasteiger partial charge in [-0.3, -0.25) is 0 Å². The van der Waals surface area contributed by atoms with Gasteiger partial charge < -0.3 is 25.3 Å². The molecule has 0 amide bonds. The van der Waals surface area contributed by atoms with Gasteiger partial charge in [-0.05, 0) is 18.6 Å². The van der Waals surface area contributed by atoms with Gasteiger partial charge in [0.2, 0.25) is 5.95 Å². The van der Waals surface area contributed by atoms with Crippen molar-refractivity contribution in [2.24, 2.45) is 0 Å². The lowest BCUT2D eigenvalue weighted by atomic mass is 10.3. The molecule has 0 saturated heterocycles. The summed E-state index contributed by atoms with van der Waals surface area (Å²) < 4.78 is 16.6. The quantitative estimate of drug-likeness (QED) is 0.646. The van der Waals surface area contributed by atoms with Gasteiger partial charge in [0.15, 0.2) is 23.1 Å². The minimum Gasteiger partial charge on any atom is -0.493 e. The molecular formula is C17H24N4O3. The number of aromatic nitrogens is 2. The Hall–Kier alpha value is -2.70. The number of unbranched alkanes of at least 4 members (excludes halogenated alkanes) is 1. The van der Waals surface area contributed by atoms with Crippen molar-refractivity contribution in [2.45, 2.75) is 19.8 Å². The highest BCUT2D eigenvalue weighted by atomic mass is 16.5. The fourth-order valence-electron chi connectivity index (χ4n) is 2.04. The lowest BCUT2D eigenvalue weighted by Gasteiger charge is -2.13. The van der Waals surface area contributed by atoms with Gasteiger partial charge in [-0.2, -0.15) is 4.98 Å². The molecule has 7 heteroatoms. The maximum Gasteiger partial charge on any atom is 0.222 e. The van der Waals surface area contributed by atoms with Crippen LogP contribution in [0.25, 0.3) is 0 Å². The number of ether oxygens (including phenoxy) is 3. The molecule has 1 heterocycles. The van der Waals surface area contributed by atoms with E-state index in [9.17, 15) is 0 Å². The fourth-order valence-corrected chi connectivity index (χ4v) is 2.04. The SMILES string of the molecule is CCCCNc1nc(N)ncc1OCCOc1ccccc1OC. The number of nitrogen functional groups attached to an aromatic ring is 1. The van der Waals surface area contributed by atoms with Crippen LogP contribution in [-0.2, 0) is 0 Å². The molecule has 0 aliphatic heterocycles. The van der Waals surface area contributed by atoms with Crippen LogP contribution in [0.3, 0.4) is 0 Å². The van der Waals surface area contributed by atoms with Gasteiger partial charge >= 0.3 is 0 Å². The van der Waals surface area contributed by atoms with Crippen molar-refractivity contribution >= 4 is 11.8 Å². The molecule has 0 atom stereocenters. The first kappa shape index (κ1) is 17.7. The minimum atomic E-state index is 0.214. The molecule has 1 aromatic heterocycles. The second-order valence-corrected chi connectivity index (χ2v) is 5.07. The largest absolute Gasteiger partial charge is 0.493 e. The highest BCUT2D eigenvalue weighted by Gasteiger charge is 2.08. The van der Waals surface area contributed by atoms with Crippen LogP contribution in [0.15, 0.2) is 30.5 Å². The molecule has 3 N–H and O–H groups in total. The molecule has 7 nitrogen and oxygen atoms in total. The first-order valence-electron chi connectivity index (χ1n) is 7.99. The van der Waals surface area contributed by atoms with Gasteiger partial charge in [0.25, 0.3) is 0 Å². The Balaban J connectivity index is 1.87. The predicted molar refractivity (Wildman–Crippen MR) is 93.8 cm³/mol. The molecule has 2 rings (SSSR count). The Morgan fingerprint density at radius 1 is 1.08 bits per heavy atom. The average Bonchev–Trinajstić information content (AvgIpc) is 2.60. The molecular weight excluding hydrogens is 308 g/mol. The monoisotopic (exact) mass is 332 g/mol. The van der Waals surface area contributed by atoms with E-state index in [1.54, 1.807) is 13.3 Å². The van der Waals surface area contributed by atoms with E-state index >= 15 is 0 Å². The first-order chi connectivity index (χ1) is 11.7. The van der Waals surface area contributed by atoms with Gasteiger partial charge in [-0.15, -0.1) is 0 Å². The lowest BCUT2D eigenvalue weighted by Crippen LogP contribution is -2.13. The molecule has 24 heavy (non-hydrogen) atoms. The molecule has 0 spiro atoms. The van der Waals surface area contributed by atoms with Crippen molar-refractivity contribution in [3.63, 3.8) is 0 Å². The average molecular weight is 332 g/mol. The predicted octanol–water partition coefficient (Wildman–Crippen LogP) is 2.74. The Morgan fingerprint density at radius 2 is 1.79 bits per heavy atom. The zero-order chi connectivity index (χ0) is 17.2. The van der Waals surface area contributed by atoms with Crippen LogP contribution in [0, 0.1) is 0 Å². The summed E-state index contributed by atoms with van der Waals surface area (Å²) in [7, 11) is 1.61. The maximum atomic E-state index is 5.71. The van der Waals surface area contributed by atoms with Crippen LogP contribution in [-0.4, -0.2) is 36.8 Å². The minimum absolute atomic E-state index is 0.214. The summed E-state index contributed by atoms with van der Waals surface area (Å²) in [6.45, 7) is 3.66. The molecule has 0 saturated carbocycles. The molecule has 2 aromatic rings. The number of para-hydroxylation sites is 2. The van der Waals surface area contributed by atoms with E-state index in [-0.39, 0.29) is 5.95 Å². The molecule has 1 aromatic carbocycles. The van der Waals surface area contributed by atoms with E-state index in [1.165, 1.54) is 0 Å². The summed E-state index contributed by atoms with van der Waals surface area (Å²) >= 11 is 0. The lowest BCUT2D eigenvalue weighted by molar-refractivity contribution is 0.211. The van der Waals surface area contributed by atoms with Crippen molar-refractivity contribution in [1.29, 1.82) is 0 Å². The smallest absolute Gasteiger partial charge is 0.222 e. The van der Waals surface area contributed by atoms with Crippen LogP contribution in [0.1, 0.15) is 19.8 Å². The Kier molecular flexibility index (Phi) is 6.94. The number of anilines is 2. The van der Waals surface area contributed by atoms with Gasteiger partial charge in [-0.25, -0.2) is 4.98 Å². The summed E-state index contributed by atoms with van der Waals surface area (Å²) in [4.78, 5) is 8.15. The van der Waals surface area contributed by atoms with Crippen molar-refractivity contribution in [3.8, 4) is 17.2 Å². The summed E-state index contributed by atoms with van der Waals surface area (Å²) in [5.74, 6) is 2.75. The molecule has 130 valence electrons. The van der Waals surface area contributed by atoms with Crippen molar-refractivity contribution in [2.75, 3.05) is 37.9 Å². The van der Waals surface area contributed by atoms with Crippen LogP contribution in [0.2, 0.25) is 0 Å². The second kappa shape index (κ2) is 9.44. The topological polar surface area (TPSA) is 91.5 Å². The number of nitrogens with zero attached hydrogens (tertiary/aromatic N) is 2. The van der Waals surface area contributed by atoms with Crippen molar-refractivity contribution < 1.29 is 14.2 Å². The summed E-state index contributed by atoms with van der Waals surface area (Å²) in [6, 6.07) is 7.48. The van der Waals surface area contributed by atoms with Gasteiger partial charge in [0.1, 0.15) is 13.2 Å². The second-order valence-electron chi connectivity index (χ2n) is 5.07. The normalized spacial score (nSPS) is 10.2. The highest BCUT2D eigenvalue weighted by molar-refractivity contribution is 5.51. The fraction of sp³-hybridized carbons (Fsp3) is 0.412. The first-order valence-corrected chi connectivity index (χ1v) is 7.99. The molecule has 0 aliphatic rings. The number of benzene rings is 1. The molecule has 0 bridgehead atoms. The number of hydrogen-bond acceptors (Lipinski definition) is 7. The van der Waals surface area contributed by atoms with E-state index in [2.05, 4.69) is 22.2 Å². The van der Waals surface area contributed by atoms with Gasteiger partial charge in [0, 0.05) is 6.54 Å². The van der Waals surface area contributed by atoms with Gasteiger partial charge in [0.05, 0.1) is 13.3 Å². The van der Waals surface area contributed by atoms with E-state index in [1.807, 2.05) is 24.3 Å². The Bertz CT molecular complexity index is 637. The number of hydrogen-bond donors (Lipinski definition) is 2. The number of methoxy groups -OCH3 is 1. The molecule has 0 unspecified atom stereocenters. The number of rotatable bonds is 10. The molecule has 0 fully saturated rings. The van der Waals surface area contributed by atoms with E-state index in [4.69, 9.17) is 19.9 Å². The van der Waals surface area contributed by atoms with Crippen molar-refractivity contribution in [1.82, 2.24) is 9.97 Å². The number of nitrogens with two attached hydrogens (primary N) is 1.